The van der Waals surface area contributed by atoms with Gasteiger partial charge in [0, 0.05) is 6.54 Å². The van der Waals surface area contributed by atoms with Gasteiger partial charge in [-0.3, -0.25) is 0 Å². The molecule has 0 bridgehead atoms. The third-order valence-electron chi connectivity index (χ3n) is 2.98. The Labute approximate surface area is 119 Å². The van der Waals surface area contributed by atoms with Crippen LogP contribution in [0.3, 0.4) is 0 Å². The summed E-state index contributed by atoms with van der Waals surface area (Å²) in [5.41, 5.74) is 1.30. The van der Waals surface area contributed by atoms with Crippen LogP contribution in [-0.4, -0.2) is 11.5 Å². The summed E-state index contributed by atoms with van der Waals surface area (Å²) in [5.74, 6) is -0.927. The molecule has 0 saturated carbocycles. The van der Waals surface area contributed by atoms with Crippen molar-refractivity contribution in [1.82, 2.24) is 4.98 Å². The van der Waals surface area contributed by atoms with Crippen molar-refractivity contribution in [2.24, 2.45) is 0 Å². The predicted molar refractivity (Wildman–Crippen MR) is 78.2 cm³/mol. The average molecular weight is 290 g/mol. The largest absolute Gasteiger partial charge is 0.361 e. The Morgan fingerprint density at radius 1 is 1.00 bits per heavy atom. The van der Waals surface area contributed by atoms with Gasteiger partial charge < -0.3 is 5.32 Å². The van der Waals surface area contributed by atoms with Crippen LogP contribution in [0, 0.1) is 11.6 Å². The highest BCUT2D eigenvalue weighted by molar-refractivity contribution is 7.22. The Kier molecular flexibility index (Phi) is 3.60. The van der Waals surface area contributed by atoms with Gasteiger partial charge in [0.2, 0.25) is 0 Å². The minimum atomic E-state index is -0.492. The van der Waals surface area contributed by atoms with E-state index in [1.165, 1.54) is 5.56 Å². The quantitative estimate of drug-likeness (QED) is 0.778. The molecular weight excluding hydrogens is 278 g/mol. The van der Waals surface area contributed by atoms with Crippen molar-refractivity contribution in [1.29, 1.82) is 0 Å². The molecule has 20 heavy (non-hydrogen) atoms. The van der Waals surface area contributed by atoms with Crippen molar-refractivity contribution in [3.63, 3.8) is 0 Å². The van der Waals surface area contributed by atoms with Gasteiger partial charge in [-0.15, -0.1) is 0 Å². The van der Waals surface area contributed by atoms with Crippen LogP contribution in [0.5, 0.6) is 0 Å². The van der Waals surface area contributed by atoms with Gasteiger partial charge in [0.25, 0.3) is 0 Å². The molecule has 0 aliphatic carbocycles. The maximum Gasteiger partial charge on any atom is 0.184 e. The van der Waals surface area contributed by atoms with Gasteiger partial charge >= 0.3 is 0 Å². The predicted octanol–water partition coefficient (Wildman–Crippen LogP) is 4.23. The Bertz CT molecular complexity index is 686. The van der Waals surface area contributed by atoms with E-state index in [1.54, 1.807) is 0 Å². The standard InChI is InChI=1S/C15H12F2N2S/c16-11-6-7-12(17)14-13(11)19-15(20-14)18-9-8-10-4-2-1-3-5-10/h1-7H,8-9H2,(H,18,19). The number of fused-ring (bicyclic) bond motifs is 1. The molecule has 0 saturated heterocycles. The SMILES string of the molecule is Fc1ccc(F)c2sc(NCCc3ccccc3)nc12. The molecule has 1 N–H and O–H groups in total. The molecule has 2 nitrogen and oxygen atoms in total. The Morgan fingerprint density at radius 2 is 1.75 bits per heavy atom. The van der Waals surface area contributed by atoms with E-state index in [0.29, 0.717) is 11.7 Å². The number of halogens is 2. The Morgan fingerprint density at radius 3 is 2.50 bits per heavy atom. The second-order valence-electron chi connectivity index (χ2n) is 4.39. The van der Waals surface area contributed by atoms with Gasteiger partial charge in [-0.2, -0.15) is 0 Å². The molecule has 3 rings (SSSR count). The Balaban J connectivity index is 1.72. The second kappa shape index (κ2) is 5.54. The molecule has 1 aromatic heterocycles. The summed E-state index contributed by atoms with van der Waals surface area (Å²) in [7, 11) is 0. The number of thiazole rings is 1. The van der Waals surface area contributed by atoms with Crippen LogP contribution in [0.2, 0.25) is 0 Å². The first-order chi connectivity index (χ1) is 9.74. The number of hydrogen-bond acceptors (Lipinski definition) is 3. The van der Waals surface area contributed by atoms with Crippen molar-refractivity contribution in [3.05, 3.63) is 59.7 Å². The number of aromatic nitrogens is 1. The summed E-state index contributed by atoms with van der Waals surface area (Å²) in [4.78, 5) is 4.10. The molecule has 2 aromatic carbocycles. The fourth-order valence-corrected chi connectivity index (χ4v) is 2.89. The molecule has 0 aliphatic rings. The molecule has 0 atom stereocenters. The fourth-order valence-electron chi connectivity index (χ4n) is 1.98. The van der Waals surface area contributed by atoms with Crippen LogP contribution >= 0.6 is 11.3 Å². The third-order valence-corrected chi connectivity index (χ3v) is 4.00. The van der Waals surface area contributed by atoms with Gasteiger partial charge in [0.1, 0.15) is 11.3 Å². The third kappa shape index (κ3) is 2.63. The van der Waals surface area contributed by atoms with Crippen LogP contribution in [0.25, 0.3) is 10.2 Å². The van der Waals surface area contributed by atoms with Gasteiger partial charge in [0.15, 0.2) is 10.9 Å². The normalized spacial score (nSPS) is 10.9. The lowest BCUT2D eigenvalue weighted by molar-refractivity contribution is 0.617. The second-order valence-corrected chi connectivity index (χ2v) is 5.39. The zero-order valence-corrected chi connectivity index (χ0v) is 11.4. The van der Waals surface area contributed by atoms with E-state index in [-0.39, 0.29) is 10.2 Å². The highest BCUT2D eigenvalue weighted by Crippen LogP contribution is 2.29. The first-order valence-corrected chi connectivity index (χ1v) is 7.08. The van der Waals surface area contributed by atoms with Crippen LogP contribution in [0.15, 0.2) is 42.5 Å². The molecule has 0 radical (unpaired) electrons. The van der Waals surface area contributed by atoms with E-state index in [9.17, 15) is 8.78 Å². The monoisotopic (exact) mass is 290 g/mol. The summed E-state index contributed by atoms with van der Waals surface area (Å²) in [6.07, 6.45) is 0.835. The fraction of sp³-hybridized carbons (Fsp3) is 0.133. The zero-order valence-electron chi connectivity index (χ0n) is 10.6. The van der Waals surface area contributed by atoms with E-state index in [4.69, 9.17) is 0 Å². The molecule has 102 valence electrons. The van der Waals surface area contributed by atoms with Crippen molar-refractivity contribution in [2.75, 3.05) is 11.9 Å². The molecular formula is C15H12F2N2S. The molecule has 0 aliphatic heterocycles. The lowest BCUT2D eigenvalue weighted by Crippen LogP contribution is -2.04. The van der Waals surface area contributed by atoms with Gasteiger partial charge in [-0.1, -0.05) is 41.7 Å². The minimum Gasteiger partial charge on any atom is -0.361 e. The van der Waals surface area contributed by atoms with Crippen molar-refractivity contribution < 1.29 is 8.78 Å². The molecule has 0 amide bonds. The van der Waals surface area contributed by atoms with Gasteiger partial charge in [-0.25, -0.2) is 13.8 Å². The van der Waals surface area contributed by atoms with Crippen molar-refractivity contribution in [2.45, 2.75) is 6.42 Å². The van der Waals surface area contributed by atoms with Crippen LogP contribution < -0.4 is 5.32 Å². The molecule has 3 aromatic rings. The van der Waals surface area contributed by atoms with E-state index >= 15 is 0 Å². The lowest BCUT2D eigenvalue weighted by atomic mass is 10.2. The Hall–Kier alpha value is -2.01. The lowest BCUT2D eigenvalue weighted by Gasteiger charge is -2.02. The first-order valence-electron chi connectivity index (χ1n) is 6.26. The zero-order chi connectivity index (χ0) is 13.9. The summed E-state index contributed by atoms with van der Waals surface area (Å²) in [5, 5.41) is 3.65. The topological polar surface area (TPSA) is 24.9 Å². The number of nitrogens with zero attached hydrogens (tertiary/aromatic N) is 1. The van der Waals surface area contributed by atoms with Gasteiger partial charge in [-0.05, 0) is 24.1 Å². The summed E-state index contributed by atoms with van der Waals surface area (Å²) >= 11 is 1.14. The van der Waals surface area contributed by atoms with E-state index in [2.05, 4.69) is 10.3 Å². The van der Waals surface area contributed by atoms with Crippen LogP contribution in [0.1, 0.15) is 5.56 Å². The summed E-state index contributed by atoms with van der Waals surface area (Å²) in [6.45, 7) is 0.674. The number of anilines is 1. The minimum absolute atomic E-state index is 0.0946. The highest BCUT2D eigenvalue weighted by atomic mass is 32.1. The summed E-state index contributed by atoms with van der Waals surface area (Å²) < 4.78 is 27.3. The molecule has 5 heteroatoms. The molecule has 0 spiro atoms. The molecule has 1 heterocycles. The van der Waals surface area contributed by atoms with Crippen molar-refractivity contribution in [3.8, 4) is 0 Å². The van der Waals surface area contributed by atoms with E-state index < -0.39 is 11.6 Å². The van der Waals surface area contributed by atoms with Crippen molar-refractivity contribution >= 4 is 26.7 Å². The highest BCUT2D eigenvalue weighted by Gasteiger charge is 2.12. The van der Waals surface area contributed by atoms with Crippen LogP contribution in [0.4, 0.5) is 13.9 Å². The van der Waals surface area contributed by atoms with E-state index in [0.717, 1.165) is 29.9 Å². The van der Waals surface area contributed by atoms with E-state index in [1.807, 2.05) is 30.3 Å². The number of rotatable bonds is 4. The number of benzene rings is 2. The number of nitrogens with one attached hydrogen (secondary N) is 1. The molecule has 0 fully saturated rings. The maximum absolute atomic E-state index is 13.5. The van der Waals surface area contributed by atoms with Crippen LogP contribution in [-0.2, 0) is 6.42 Å². The summed E-state index contributed by atoms with van der Waals surface area (Å²) in [6, 6.07) is 12.2. The van der Waals surface area contributed by atoms with Gasteiger partial charge in [0.05, 0.1) is 4.70 Å². The maximum atomic E-state index is 13.5. The number of hydrogen-bond donors (Lipinski definition) is 1. The first kappa shape index (κ1) is 13.0. The molecule has 0 unspecified atom stereocenters. The average Bonchev–Trinajstić information content (AvgIpc) is 2.90. The smallest absolute Gasteiger partial charge is 0.184 e.